The Kier molecular flexibility index (Phi) is 2.33. The van der Waals surface area contributed by atoms with Crippen molar-refractivity contribution in [2.24, 2.45) is 0 Å². The Hall–Kier alpha value is -1.23. The Bertz CT molecular complexity index is 428. The Labute approximate surface area is 86.8 Å². The summed E-state index contributed by atoms with van der Waals surface area (Å²) in [5.74, 6) is 0. The molecule has 6 heteroatoms. The van der Waals surface area contributed by atoms with Crippen molar-refractivity contribution in [2.75, 3.05) is 18.1 Å². The molecular weight excluding hydrogens is 202 g/mol. The molecule has 0 N–H and O–H groups in total. The molecule has 0 aliphatic rings. The van der Waals surface area contributed by atoms with Gasteiger partial charge in [0, 0.05) is 13.1 Å². The largest absolute Gasteiger partial charge is 0.310 e. The van der Waals surface area contributed by atoms with Crippen LogP contribution < -0.4 is 5.01 Å². The van der Waals surface area contributed by atoms with Gasteiger partial charge in [0.15, 0.2) is 5.65 Å². The minimum Gasteiger partial charge on any atom is -0.310 e. The Morgan fingerprint density at radius 3 is 2.71 bits per heavy atom. The Morgan fingerprint density at radius 1 is 1.36 bits per heavy atom. The molecule has 2 aromatic heterocycles. The first-order valence-corrected chi connectivity index (χ1v) is 4.97. The van der Waals surface area contributed by atoms with Crippen LogP contribution in [0.1, 0.15) is 13.8 Å². The topological polar surface area (TPSA) is 38.4 Å². The van der Waals surface area contributed by atoms with Crippen LogP contribution in [0.2, 0.25) is 5.02 Å². The summed E-state index contributed by atoms with van der Waals surface area (Å²) in [4.78, 5) is 0. The Balaban J connectivity index is 2.55. The molecule has 0 saturated carbocycles. The van der Waals surface area contributed by atoms with Crippen LogP contribution in [-0.4, -0.2) is 32.6 Å². The van der Waals surface area contributed by atoms with Crippen molar-refractivity contribution in [3.63, 3.8) is 0 Å². The zero-order valence-corrected chi connectivity index (χ0v) is 8.94. The summed E-state index contributed by atoms with van der Waals surface area (Å²) in [5.41, 5.74) is 0.815. The molecule has 0 saturated heterocycles. The maximum Gasteiger partial charge on any atom is 0.195 e. The van der Waals surface area contributed by atoms with Crippen LogP contribution in [0.5, 0.6) is 0 Å². The summed E-state index contributed by atoms with van der Waals surface area (Å²) in [6, 6.07) is 0. The van der Waals surface area contributed by atoms with Gasteiger partial charge in [-0.3, -0.25) is 0 Å². The van der Waals surface area contributed by atoms with Crippen LogP contribution in [0.3, 0.4) is 0 Å². The quantitative estimate of drug-likeness (QED) is 0.768. The van der Waals surface area contributed by atoms with Crippen molar-refractivity contribution in [1.29, 1.82) is 0 Å². The van der Waals surface area contributed by atoms with Gasteiger partial charge in [0.2, 0.25) is 0 Å². The third kappa shape index (κ3) is 1.24. The summed E-state index contributed by atoms with van der Waals surface area (Å²) in [7, 11) is 0. The molecule has 0 aliphatic carbocycles. The second-order valence-electron chi connectivity index (χ2n) is 2.92. The molecular formula is C8H12ClN5. The highest BCUT2D eigenvalue weighted by Gasteiger charge is 2.11. The number of hydrogen-bond acceptors (Lipinski definition) is 3. The predicted octanol–water partition coefficient (Wildman–Crippen LogP) is 1.16. The molecule has 2 aromatic rings. The van der Waals surface area contributed by atoms with E-state index in [0.29, 0.717) is 5.02 Å². The third-order valence-corrected chi connectivity index (χ3v) is 2.47. The van der Waals surface area contributed by atoms with Crippen molar-refractivity contribution in [3.05, 3.63) is 17.5 Å². The van der Waals surface area contributed by atoms with Crippen molar-refractivity contribution in [2.45, 2.75) is 13.8 Å². The van der Waals surface area contributed by atoms with Gasteiger partial charge in [-0.25, -0.2) is 4.68 Å². The molecule has 0 spiro atoms. The van der Waals surface area contributed by atoms with Crippen molar-refractivity contribution in [1.82, 2.24) is 19.5 Å². The van der Waals surface area contributed by atoms with Crippen LogP contribution >= 0.6 is 11.6 Å². The maximum absolute atomic E-state index is 6.01. The Morgan fingerprint density at radius 2 is 2.07 bits per heavy atom. The fourth-order valence-electron chi connectivity index (χ4n) is 1.49. The lowest BCUT2D eigenvalue weighted by Crippen LogP contribution is -2.33. The normalized spacial score (nSPS) is 11.1. The van der Waals surface area contributed by atoms with Crippen LogP contribution in [0.4, 0.5) is 0 Å². The summed E-state index contributed by atoms with van der Waals surface area (Å²) in [5, 5.41) is 10.9. The van der Waals surface area contributed by atoms with Gasteiger partial charge in [-0.2, -0.15) is 5.10 Å². The molecule has 0 amide bonds. The number of hydrogen-bond donors (Lipinski definition) is 0. The van der Waals surface area contributed by atoms with E-state index in [0.717, 1.165) is 18.7 Å². The lowest BCUT2D eigenvalue weighted by molar-refractivity contribution is 0.634. The SMILES string of the molecule is CCN(CC)n1cnn2ncc(Cl)c12. The van der Waals surface area contributed by atoms with Gasteiger partial charge in [-0.15, -0.1) is 9.73 Å². The molecule has 76 valence electrons. The molecule has 14 heavy (non-hydrogen) atoms. The average Bonchev–Trinajstić information content (AvgIpc) is 2.74. The van der Waals surface area contributed by atoms with E-state index in [9.17, 15) is 0 Å². The second-order valence-corrected chi connectivity index (χ2v) is 3.33. The van der Waals surface area contributed by atoms with Crippen LogP contribution in [0, 0.1) is 0 Å². The lowest BCUT2D eigenvalue weighted by Gasteiger charge is -2.21. The van der Waals surface area contributed by atoms with Crippen molar-refractivity contribution < 1.29 is 0 Å². The summed E-state index contributed by atoms with van der Waals surface area (Å²) >= 11 is 6.01. The van der Waals surface area contributed by atoms with Gasteiger partial charge in [0.1, 0.15) is 11.3 Å². The molecule has 2 rings (SSSR count). The molecule has 0 aromatic carbocycles. The van der Waals surface area contributed by atoms with Gasteiger partial charge >= 0.3 is 0 Å². The zero-order valence-electron chi connectivity index (χ0n) is 8.18. The van der Waals surface area contributed by atoms with Gasteiger partial charge in [-0.05, 0) is 13.8 Å². The van der Waals surface area contributed by atoms with E-state index in [2.05, 4.69) is 29.1 Å². The standard InChI is InChI=1S/C8H12ClN5/c1-3-12(4-2)13-6-11-14-8(13)7(9)5-10-14/h5-6H,3-4H2,1-2H3. The molecule has 0 bridgehead atoms. The van der Waals surface area contributed by atoms with Gasteiger partial charge in [0.25, 0.3) is 0 Å². The predicted molar refractivity (Wildman–Crippen MR) is 55.3 cm³/mol. The van der Waals surface area contributed by atoms with Gasteiger partial charge in [0.05, 0.1) is 6.20 Å². The zero-order chi connectivity index (χ0) is 10.1. The first-order chi connectivity index (χ1) is 6.77. The van der Waals surface area contributed by atoms with E-state index in [1.807, 2.05) is 4.68 Å². The number of nitrogens with zero attached hydrogens (tertiary/aromatic N) is 5. The highest BCUT2D eigenvalue weighted by molar-refractivity contribution is 6.33. The molecule has 5 nitrogen and oxygen atoms in total. The van der Waals surface area contributed by atoms with Gasteiger partial charge < -0.3 is 5.01 Å². The number of halogens is 1. The molecule has 0 unspecified atom stereocenters. The van der Waals surface area contributed by atoms with Crippen molar-refractivity contribution in [3.8, 4) is 0 Å². The minimum atomic E-state index is 0.620. The maximum atomic E-state index is 6.01. The molecule has 0 atom stereocenters. The van der Waals surface area contributed by atoms with Crippen LogP contribution in [-0.2, 0) is 0 Å². The van der Waals surface area contributed by atoms with Crippen LogP contribution in [0.15, 0.2) is 12.5 Å². The van der Waals surface area contributed by atoms with E-state index >= 15 is 0 Å². The first kappa shape index (κ1) is 9.33. The van der Waals surface area contributed by atoms with Gasteiger partial charge in [-0.1, -0.05) is 11.6 Å². The fourth-order valence-corrected chi connectivity index (χ4v) is 1.69. The smallest absolute Gasteiger partial charge is 0.195 e. The molecule has 0 radical (unpaired) electrons. The van der Waals surface area contributed by atoms with E-state index in [1.165, 1.54) is 4.63 Å². The van der Waals surface area contributed by atoms with Crippen molar-refractivity contribution >= 4 is 17.2 Å². The van der Waals surface area contributed by atoms with E-state index in [-0.39, 0.29) is 0 Å². The summed E-state index contributed by atoms with van der Waals surface area (Å²) in [6.07, 6.45) is 3.32. The van der Waals surface area contributed by atoms with E-state index in [4.69, 9.17) is 11.6 Å². The highest BCUT2D eigenvalue weighted by Crippen LogP contribution is 2.15. The number of rotatable bonds is 3. The first-order valence-electron chi connectivity index (χ1n) is 4.60. The molecule has 0 fully saturated rings. The van der Waals surface area contributed by atoms with E-state index < -0.39 is 0 Å². The number of fused-ring (bicyclic) bond motifs is 1. The number of aromatic nitrogens is 4. The lowest BCUT2D eigenvalue weighted by atomic mass is 10.6. The summed E-state index contributed by atoms with van der Waals surface area (Å²) in [6.45, 7) is 5.99. The third-order valence-electron chi connectivity index (χ3n) is 2.21. The monoisotopic (exact) mass is 213 g/mol. The highest BCUT2D eigenvalue weighted by atomic mass is 35.5. The molecule has 2 heterocycles. The molecule has 0 aliphatic heterocycles. The second kappa shape index (κ2) is 3.49. The van der Waals surface area contributed by atoms with Crippen LogP contribution in [0.25, 0.3) is 5.65 Å². The fraction of sp³-hybridized carbons (Fsp3) is 0.500. The minimum absolute atomic E-state index is 0.620. The van der Waals surface area contributed by atoms with E-state index in [1.54, 1.807) is 12.5 Å². The average molecular weight is 214 g/mol. The summed E-state index contributed by atoms with van der Waals surface area (Å²) < 4.78 is 3.45.